The molecule has 26 heavy (non-hydrogen) atoms. The molecule has 1 N–H and O–H groups in total. The van der Waals surface area contributed by atoms with Gasteiger partial charge >= 0.3 is 0 Å². The van der Waals surface area contributed by atoms with Gasteiger partial charge < -0.3 is 24.3 Å². The number of nitrogens with one attached hydrogen (secondary N) is 1. The highest BCUT2D eigenvalue weighted by Gasteiger charge is 2.15. The first-order valence-corrected chi connectivity index (χ1v) is 9.12. The lowest BCUT2D eigenvalue weighted by Gasteiger charge is -2.12. The largest absolute Gasteiger partial charge is 0.491 e. The Hall–Kier alpha value is -2.24. The van der Waals surface area contributed by atoms with Gasteiger partial charge in [0.15, 0.2) is 0 Å². The Morgan fingerprint density at radius 3 is 2.38 bits per heavy atom. The van der Waals surface area contributed by atoms with Gasteiger partial charge in [-0.1, -0.05) is 12.1 Å². The van der Waals surface area contributed by atoms with Gasteiger partial charge in [-0.3, -0.25) is 0 Å². The number of rotatable bonds is 10. The second-order valence-corrected chi connectivity index (χ2v) is 6.31. The van der Waals surface area contributed by atoms with Crippen LogP contribution in [-0.4, -0.2) is 39.6 Å². The van der Waals surface area contributed by atoms with Gasteiger partial charge in [-0.25, -0.2) is 0 Å². The van der Waals surface area contributed by atoms with Gasteiger partial charge in [0.2, 0.25) is 0 Å². The lowest BCUT2D eigenvalue weighted by Crippen LogP contribution is -2.16. The molecular formula is C21H27NO4. The Morgan fingerprint density at radius 2 is 1.69 bits per heavy atom. The van der Waals surface area contributed by atoms with E-state index in [1.807, 2.05) is 36.4 Å². The van der Waals surface area contributed by atoms with Crippen LogP contribution in [0.1, 0.15) is 18.4 Å². The van der Waals surface area contributed by atoms with Crippen molar-refractivity contribution in [2.24, 2.45) is 0 Å². The average Bonchev–Trinajstić information content (AvgIpc) is 3.20. The van der Waals surface area contributed by atoms with Gasteiger partial charge in [0.25, 0.3) is 0 Å². The monoisotopic (exact) mass is 357 g/mol. The van der Waals surface area contributed by atoms with Crippen LogP contribution in [0.2, 0.25) is 0 Å². The molecule has 1 aliphatic heterocycles. The van der Waals surface area contributed by atoms with E-state index in [-0.39, 0.29) is 6.10 Å². The molecule has 0 amide bonds. The summed E-state index contributed by atoms with van der Waals surface area (Å²) in [6.45, 7) is 3.41. The number of ether oxygens (including phenoxy) is 4. The molecule has 1 fully saturated rings. The topological polar surface area (TPSA) is 49.0 Å². The van der Waals surface area contributed by atoms with Crippen molar-refractivity contribution in [1.82, 2.24) is 0 Å². The van der Waals surface area contributed by atoms with Gasteiger partial charge in [0.05, 0.1) is 12.7 Å². The minimum atomic E-state index is 0.245. The highest BCUT2D eigenvalue weighted by Crippen LogP contribution is 2.19. The summed E-state index contributed by atoms with van der Waals surface area (Å²) >= 11 is 0. The highest BCUT2D eigenvalue weighted by atomic mass is 16.5. The van der Waals surface area contributed by atoms with Crippen molar-refractivity contribution in [1.29, 1.82) is 0 Å². The first kappa shape index (κ1) is 18.5. The smallest absolute Gasteiger partial charge is 0.119 e. The molecule has 0 radical (unpaired) electrons. The molecule has 1 aliphatic rings. The van der Waals surface area contributed by atoms with Crippen molar-refractivity contribution in [3.05, 3.63) is 54.1 Å². The molecule has 5 nitrogen and oxygen atoms in total. The van der Waals surface area contributed by atoms with Crippen LogP contribution in [0.4, 0.5) is 5.69 Å². The normalized spacial score (nSPS) is 16.4. The molecule has 3 rings (SSSR count). The third kappa shape index (κ3) is 5.93. The summed E-state index contributed by atoms with van der Waals surface area (Å²) in [4.78, 5) is 0. The van der Waals surface area contributed by atoms with Crippen LogP contribution in [0.25, 0.3) is 0 Å². The summed E-state index contributed by atoms with van der Waals surface area (Å²) in [5.41, 5.74) is 2.26. The molecule has 2 aromatic carbocycles. The van der Waals surface area contributed by atoms with Crippen LogP contribution in [-0.2, 0) is 16.0 Å². The standard InChI is InChI=1S/C21H27NO4/c1-23-13-14-25-19-8-4-17(5-9-19)15-22-18-6-10-20(11-7-18)26-16-21-3-2-12-24-21/h4-11,21-22H,2-3,12-16H2,1H3. The molecule has 5 heteroatoms. The maximum absolute atomic E-state index is 5.79. The molecule has 0 aromatic heterocycles. The van der Waals surface area contributed by atoms with Gasteiger partial charge in [0, 0.05) is 25.9 Å². The van der Waals surface area contributed by atoms with Gasteiger partial charge in [0.1, 0.15) is 24.7 Å². The average molecular weight is 357 g/mol. The van der Waals surface area contributed by atoms with Gasteiger partial charge in [-0.2, -0.15) is 0 Å². The van der Waals surface area contributed by atoms with Gasteiger partial charge in [-0.05, 0) is 54.8 Å². The van der Waals surface area contributed by atoms with E-state index >= 15 is 0 Å². The minimum absolute atomic E-state index is 0.245. The molecule has 1 saturated heterocycles. The zero-order valence-corrected chi connectivity index (χ0v) is 15.3. The van der Waals surface area contributed by atoms with E-state index < -0.39 is 0 Å². The van der Waals surface area contributed by atoms with E-state index in [9.17, 15) is 0 Å². The van der Waals surface area contributed by atoms with Crippen LogP contribution in [0.3, 0.4) is 0 Å². The van der Waals surface area contributed by atoms with Crippen LogP contribution in [0.15, 0.2) is 48.5 Å². The predicted molar refractivity (Wildman–Crippen MR) is 102 cm³/mol. The fraction of sp³-hybridized carbons (Fsp3) is 0.429. The third-order valence-corrected chi connectivity index (χ3v) is 4.29. The summed E-state index contributed by atoms with van der Waals surface area (Å²) in [7, 11) is 1.67. The summed E-state index contributed by atoms with van der Waals surface area (Å²) in [6, 6.07) is 16.1. The second-order valence-electron chi connectivity index (χ2n) is 6.31. The van der Waals surface area contributed by atoms with E-state index in [1.165, 1.54) is 5.56 Å². The molecule has 1 unspecified atom stereocenters. The Balaban J connectivity index is 1.41. The number of benzene rings is 2. The Kier molecular flexibility index (Phi) is 7.16. The number of hydrogen-bond acceptors (Lipinski definition) is 5. The van der Waals surface area contributed by atoms with E-state index in [4.69, 9.17) is 18.9 Å². The van der Waals surface area contributed by atoms with E-state index in [1.54, 1.807) is 7.11 Å². The van der Waals surface area contributed by atoms with Crippen molar-refractivity contribution in [3.8, 4) is 11.5 Å². The molecule has 0 spiro atoms. The first-order chi connectivity index (χ1) is 12.8. The van der Waals surface area contributed by atoms with Crippen molar-refractivity contribution < 1.29 is 18.9 Å². The van der Waals surface area contributed by atoms with Crippen molar-refractivity contribution >= 4 is 5.69 Å². The Morgan fingerprint density at radius 1 is 0.962 bits per heavy atom. The number of anilines is 1. The fourth-order valence-corrected chi connectivity index (χ4v) is 2.78. The van der Waals surface area contributed by atoms with Crippen molar-refractivity contribution in [2.45, 2.75) is 25.5 Å². The molecular weight excluding hydrogens is 330 g/mol. The van der Waals surface area contributed by atoms with Crippen LogP contribution in [0, 0.1) is 0 Å². The minimum Gasteiger partial charge on any atom is -0.491 e. The molecule has 140 valence electrons. The zero-order valence-electron chi connectivity index (χ0n) is 15.3. The third-order valence-electron chi connectivity index (χ3n) is 4.29. The van der Waals surface area contributed by atoms with Crippen molar-refractivity contribution in [2.75, 3.05) is 38.9 Å². The maximum Gasteiger partial charge on any atom is 0.119 e. The summed E-state index contributed by atoms with van der Waals surface area (Å²) in [5, 5.41) is 3.42. The lowest BCUT2D eigenvalue weighted by atomic mass is 10.2. The molecule has 1 heterocycles. The number of methoxy groups -OCH3 is 1. The van der Waals surface area contributed by atoms with Crippen LogP contribution >= 0.6 is 0 Å². The number of hydrogen-bond donors (Lipinski definition) is 1. The lowest BCUT2D eigenvalue weighted by molar-refractivity contribution is 0.0679. The predicted octanol–water partition coefficient (Wildman–Crippen LogP) is 3.88. The summed E-state index contributed by atoms with van der Waals surface area (Å²) in [6.07, 6.45) is 2.47. The van der Waals surface area contributed by atoms with E-state index in [0.717, 1.165) is 43.2 Å². The Bertz CT molecular complexity index is 636. The van der Waals surface area contributed by atoms with Gasteiger partial charge in [-0.15, -0.1) is 0 Å². The molecule has 0 aliphatic carbocycles. The highest BCUT2D eigenvalue weighted by molar-refractivity contribution is 5.47. The maximum atomic E-state index is 5.79. The molecule has 0 bridgehead atoms. The molecule has 2 aromatic rings. The van der Waals surface area contributed by atoms with Crippen LogP contribution < -0.4 is 14.8 Å². The molecule has 1 atom stereocenters. The van der Waals surface area contributed by atoms with Crippen molar-refractivity contribution in [3.63, 3.8) is 0 Å². The zero-order chi connectivity index (χ0) is 18.0. The Labute approximate surface area is 155 Å². The van der Waals surface area contributed by atoms with E-state index in [2.05, 4.69) is 17.4 Å². The SMILES string of the molecule is COCCOc1ccc(CNc2ccc(OCC3CCCO3)cc2)cc1. The second kappa shape index (κ2) is 10.0. The van der Waals surface area contributed by atoms with Crippen LogP contribution in [0.5, 0.6) is 11.5 Å². The summed E-state index contributed by atoms with van der Waals surface area (Å²) < 4.78 is 21.9. The fourth-order valence-electron chi connectivity index (χ4n) is 2.78. The summed E-state index contributed by atoms with van der Waals surface area (Å²) in [5.74, 6) is 1.74. The quantitative estimate of drug-likeness (QED) is 0.654. The molecule has 0 saturated carbocycles. The van der Waals surface area contributed by atoms with E-state index in [0.29, 0.717) is 19.8 Å². The first-order valence-electron chi connectivity index (χ1n) is 9.12.